The molecule has 1 amide bonds. The summed E-state index contributed by atoms with van der Waals surface area (Å²) in [5.41, 5.74) is 2.64. The summed E-state index contributed by atoms with van der Waals surface area (Å²) in [5.74, 6) is 1.34. The van der Waals surface area contributed by atoms with Crippen molar-refractivity contribution in [2.24, 2.45) is 5.92 Å². The van der Waals surface area contributed by atoms with Crippen molar-refractivity contribution >= 4 is 5.91 Å². The van der Waals surface area contributed by atoms with E-state index in [0.29, 0.717) is 18.2 Å². The monoisotopic (exact) mass is 354 g/mol. The highest BCUT2D eigenvalue weighted by atomic mass is 16.5. The molecule has 0 aliphatic carbocycles. The topological polar surface area (TPSA) is 59.4 Å². The van der Waals surface area contributed by atoms with E-state index in [1.807, 2.05) is 18.2 Å². The fraction of sp³-hybridized carbons (Fsp3) is 0.500. The standard InChI is InChI=1S/C20H26N4O2/c1-23-9-10-24-17(14-23)18(22-19(24)16-5-3-2-4-6-16)20(25)21-13-15-7-11-26-12-8-15/h2-6,15H,7-14H2,1H3,(H,21,25). The van der Waals surface area contributed by atoms with Crippen molar-refractivity contribution in [1.29, 1.82) is 0 Å². The van der Waals surface area contributed by atoms with Crippen LogP contribution >= 0.6 is 0 Å². The van der Waals surface area contributed by atoms with Crippen LogP contribution in [0.5, 0.6) is 0 Å². The molecule has 1 N–H and O–H groups in total. The molecule has 0 atom stereocenters. The Labute approximate surface area is 154 Å². The van der Waals surface area contributed by atoms with Gasteiger partial charge >= 0.3 is 0 Å². The molecule has 0 spiro atoms. The first-order valence-corrected chi connectivity index (χ1v) is 9.41. The zero-order valence-corrected chi connectivity index (χ0v) is 15.3. The number of hydrogen-bond donors (Lipinski definition) is 1. The van der Waals surface area contributed by atoms with Crippen molar-refractivity contribution in [2.75, 3.05) is 33.4 Å². The molecular weight excluding hydrogens is 328 g/mol. The maximum Gasteiger partial charge on any atom is 0.271 e. The van der Waals surface area contributed by atoms with Gasteiger partial charge in [-0.15, -0.1) is 0 Å². The fourth-order valence-electron chi connectivity index (χ4n) is 3.75. The van der Waals surface area contributed by atoms with Crippen LogP contribution in [-0.4, -0.2) is 53.7 Å². The Morgan fingerprint density at radius 2 is 2.00 bits per heavy atom. The zero-order chi connectivity index (χ0) is 17.9. The summed E-state index contributed by atoms with van der Waals surface area (Å²) in [7, 11) is 2.09. The van der Waals surface area contributed by atoms with Crippen LogP contribution in [0.2, 0.25) is 0 Å². The summed E-state index contributed by atoms with van der Waals surface area (Å²) in [6.45, 7) is 4.86. The van der Waals surface area contributed by atoms with E-state index in [1.165, 1.54) is 0 Å². The quantitative estimate of drug-likeness (QED) is 0.914. The van der Waals surface area contributed by atoms with E-state index >= 15 is 0 Å². The lowest BCUT2D eigenvalue weighted by Crippen LogP contribution is -2.35. The number of carbonyl (C=O) groups is 1. The Balaban J connectivity index is 1.58. The number of amides is 1. The summed E-state index contributed by atoms with van der Waals surface area (Å²) in [6.07, 6.45) is 2.03. The van der Waals surface area contributed by atoms with Crippen molar-refractivity contribution in [2.45, 2.75) is 25.9 Å². The average molecular weight is 354 g/mol. The van der Waals surface area contributed by atoms with Gasteiger partial charge in [-0.2, -0.15) is 0 Å². The molecule has 6 heteroatoms. The van der Waals surface area contributed by atoms with Gasteiger partial charge in [0.05, 0.1) is 5.69 Å². The number of aromatic nitrogens is 2. The molecule has 1 aromatic carbocycles. The lowest BCUT2D eigenvalue weighted by atomic mass is 10.0. The molecular formula is C20H26N4O2. The summed E-state index contributed by atoms with van der Waals surface area (Å²) in [5, 5.41) is 3.11. The van der Waals surface area contributed by atoms with Crippen LogP contribution in [0.1, 0.15) is 29.0 Å². The van der Waals surface area contributed by atoms with E-state index in [4.69, 9.17) is 9.72 Å². The van der Waals surface area contributed by atoms with Crippen LogP contribution in [0.3, 0.4) is 0 Å². The maximum atomic E-state index is 12.9. The molecule has 4 rings (SSSR count). The minimum absolute atomic E-state index is 0.0577. The fourth-order valence-corrected chi connectivity index (χ4v) is 3.75. The molecule has 2 aromatic rings. The van der Waals surface area contributed by atoms with Crippen molar-refractivity contribution in [1.82, 2.24) is 19.8 Å². The number of carbonyl (C=O) groups excluding carboxylic acids is 1. The Morgan fingerprint density at radius 1 is 1.23 bits per heavy atom. The minimum atomic E-state index is -0.0577. The van der Waals surface area contributed by atoms with Gasteiger partial charge < -0.3 is 14.6 Å². The molecule has 2 aliphatic rings. The molecule has 0 bridgehead atoms. The van der Waals surface area contributed by atoms with Crippen molar-refractivity contribution < 1.29 is 9.53 Å². The average Bonchev–Trinajstić information content (AvgIpc) is 3.06. The van der Waals surface area contributed by atoms with Crippen LogP contribution in [0.25, 0.3) is 11.4 Å². The number of likely N-dealkylation sites (N-methyl/N-ethyl adjacent to an activating group) is 1. The molecule has 1 saturated heterocycles. The molecule has 2 aliphatic heterocycles. The number of nitrogens with one attached hydrogen (secondary N) is 1. The van der Waals surface area contributed by atoms with Gasteiger partial charge in [0, 0.05) is 45.0 Å². The predicted octanol–water partition coefficient (Wildman–Crippen LogP) is 2.15. The third kappa shape index (κ3) is 3.52. The highest BCUT2D eigenvalue weighted by Gasteiger charge is 2.27. The van der Waals surface area contributed by atoms with Gasteiger partial charge in [-0.1, -0.05) is 30.3 Å². The molecule has 3 heterocycles. The normalized spacial score (nSPS) is 18.5. The van der Waals surface area contributed by atoms with Gasteiger partial charge in [0.15, 0.2) is 5.69 Å². The van der Waals surface area contributed by atoms with Crippen molar-refractivity contribution in [3.63, 3.8) is 0 Å². The summed E-state index contributed by atoms with van der Waals surface area (Å²) in [4.78, 5) is 19.9. The number of benzene rings is 1. The molecule has 138 valence electrons. The second-order valence-corrected chi connectivity index (χ2v) is 7.25. The first-order chi connectivity index (χ1) is 12.7. The van der Waals surface area contributed by atoms with Crippen molar-refractivity contribution in [3.8, 4) is 11.4 Å². The lowest BCUT2D eigenvalue weighted by molar-refractivity contribution is 0.0641. The molecule has 0 radical (unpaired) electrons. The Morgan fingerprint density at radius 3 is 2.77 bits per heavy atom. The first kappa shape index (κ1) is 17.2. The van der Waals surface area contributed by atoms with Gasteiger partial charge in [-0.25, -0.2) is 4.98 Å². The number of imidazole rings is 1. The SMILES string of the molecule is CN1CCn2c(-c3ccccc3)nc(C(=O)NCC3CCOCC3)c2C1. The summed E-state index contributed by atoms with van der Waals surface area (Å²) < 4.78 is 7.60. The van der Waals surface area contributed by atoms with Gasteiger partial charge in [0.25, 0.3) is 5.91 Å². The van der Waals surface area contributed by atoms with Crippen LogP contribution in [0.4, 0.5) is 0 Å². The van der Waals surface area contributed by atoms with E-state index < -0.39 is 0 Å². The number of ether oxygens (including phenoxy) is 1. The third-order valence-corrected chi connectivity index (χ3v) is 5.34. The van der Waals surface area contributed by atoms with Crippen LogP contribution in [-0.2, 0) is 17.8 Å². The molecule has 1 fully saturated rings. The van der Waals surface area contributed by atoms with Crippen LogP contribution in [0, 0.1) is 5.92 Å². The van der Waals surface area contributed by atoms with Crippen LogP contribution in [0.15, 0.2) is 30.3 Å². The lowest BCUT2D eigenvalue weighted by Gasteiger charge is -2.26. The molecule has 26 heavy (non-hydrogen) atoms. The predicted molar refractivity (Wildman–Crippen MR) is 99.9 cm³/mol. The number of rotatable bonds is 4. The summed E-state index contributed by atoms with van der Waals surface area (Å²) >= 11 is 0. The number of fused-ring (bicyclic) bond motifs is 1. The molecule has 0 unspecified atom stereocenters. The van der Waals surface area contributed by atoms with E-state index in [2.05, 4.69) is 34.0 Å². The molecule has 0 saturated carbocycles. The second-order valence-electron chi connectivity index (χ2n) is 7.25. The smallest absolute Gasteiger partial charge is 0.271 e. The summed E-state index contributed by atoms with van der Waals surface area (Å²) in [6, 6.07) is 10.1. The van der Waals surface area contributed by atoms with Gasteiger partial charge in [-0.3, -0.25) is 9.69 Å². The van der Waals surface area contributed by atoms with Gasteiger partial charge in [-0.05, 0) is 25.8 Å². The highest BCUT2D eigenvalue weighted by Crippen LogP contribution is 2.26. The Kier molecular flexibility index (Phi) is 5.04. The third-order valence-electron chi connectivity index (χ3n) is 5.34. The highest BCUT2D eigenvalue weighted by molar-refractivity contribution is 5.94. The number of hydrogen-bond acceptors (Lipinski definition) is 4. The largest absolute Gasteiger partial charge is 0.381 e. The molecule has 6 nitrogen and oxygen atoms in total. The van der Waals surface area contributed by atoms with Gasteiger partial charge in [0.2, 0.25) is 0 Å². The van der Waals surface area contributed by atoms with Crippen molar-refractivity contribution in [3.05, 3.63) is 41.7 Å². The zero-order valence-electron chi connectivity index (χ0n) is 15.3. The molecule has 1 aromatic heterocycles. The van der Waals surface area contributed by atoms with E-state index in [-0.39, 0.29) is 5.91 Å². The number of nitrogens with zero attached hydrogens (tertiary/aromatic N) is 3. The minimum Gasteiger partial charge on any atom is -0.381 e. The second kappa shape index (κ2) is 7.60. The Hall–Kier alpha value is -2.18. The van der Waals surface area contributed by atoms with E-state index in [0.717, 1.165) is 62.8 Å². The van der Waals surface area contributed by atoms with Gasteiger partial charge in [0.1, 0.15) is 5.82 Å². The first-order valence-electron chi connectivity index (χ1n) is 9.41. The van der Waals surface area contributed by atoms with E-state index in [9.17, 15) is 4.79 Å². The van der Waals surface area contributed by atoms with E-state index in [1.54, 1.807) is 0 Å². The Bertz CT molecular complexity index is 766. The maximum absolute atomic E-state index is 12.9. The van der Waals surface area contributed by atoms with Crippen LogP contribution < -0.4 is 5.32 Å².